The van der Waals surface area contributed by atoms with Crippen LogP contribution in [0.3, 0.4) is 0 Å². The molecule has 0 radical (unpaired) electrons. The van der Waals surface area contributed by atoms with E-state index in [2.05, 4.69) is 20.5 Å². The Kier molecular flexibility index (Phi) is 6.12. The van der Waals surface area contributed by atoms with Gasteiger partial charge in [-0.15, -0.1) is 17.5 Å². The monoisotopic (exact) mass is 434 g/mol. The van der Waals surface area contributed by atoms with Crippen molar-refractivity contribution in [1.82, 2.24) is 30.1 Å². The van der Waals surface area contributed by atoms with Gasteiger partial charge in [-0.2, -0.15) is 0 Å². The molecule has 3 aliphatic rings. The van der Waals surface area contributed by atoms with E-state index in [1.807, 2.05) is 30.0 Å². The van der Waals surface area contributed by atoms with Crippen LogP contribution in [0, 0.1) is 6.92 Å². The maximum atomic E-state index is 13.1. The third kappa shape index (κ3) is 3.84. The molecule has 2 saturated heterocycles. The van der Waals surface area contributed by atoms with E-state index in [9.17, 15) is 4.79 Å². The van der Waals surface area contributed by atoms with Gasteiger partial charge in [0.2, 0.25) is 0 Å². The molecule has 4 heterocycles. The van der Waals surface area contributed by atoms with Crippen molar-refractivity contribution in [3.63, 3.8) is 0 Å². The van der Waals surface area contributed by atoms with E-state index >= 15 is 0 Å². The van der Waals surface area contributed by atoms with Crippen LogP contribution >= 0.6 is 12.4 Å². The molecule has 10 heteroatoms. The van der Waals surface area contributed by atoms with Gasteiger partial charge in [0.15, 0.2) is 17.2 Å². The Morgan fingerprint density at radius 2 is 1.90 bits per heavy atom. The molecule has 1 N–H and O–H groups in total. The van der Waals surface area contributed by atoms with E-state index in [0.29, 0.717) is 30.7 Å². The summed E-state index contributed by atoms with van der Waals surface area (Å²) in [4.78, 5) is 17.5. The Morgan fingerprint density at radius 1 is 1.13 bits per heavy atom. The van der Waals surface area contributed by atoms with Crippen molar-refractivity contribution >= 4 is 18.3 Å². The van der Waals surface area contributed by atoms with Crippen molar-refractivity contribution < 1.29 is 14.3 Å². The number of rotatable bonds is 3. The Hall–Kier alpha value is -2.36. The molecule has 0 bridgehead atoms. The predicted octanol–water partition coefficient (Wildman–Crippen LogP) is 0.888. The maximum absolute atomic E-state index is 13.1. The highest BCUT2D eigenvalue weighted by atomic mass is 35.5. The van der Waals surface area contributed by atoms with Crippen LogP contribution in [0.25, 0.3) is 5.69 Å². The lowest BCUT2D eigenvalue weighted by atomic mass is 10.2. The number of amides is 1. The van der Waals surface area contributed by atoms with E-state index in [-0.39, 0.29) is 18.3 Å². The lowest BCUT2D eigenvalue weighted by Crippen LogP contribution is -2.49. The quantitative estimate of drug-likeness (QED) is 0.767. The van der Waals surface area contributed by atoms with Crippen molar-refractivity contribution in [3.05, 3.63) is 29.6 Å². The summed E-state index contributed by atoms with van der Waals surface area (Å²) in [5, 5.41) is 11.8. The van der Waals surface area contributed by atoms with Gasteiger partial charge < -0.3 is 19.7 Å². The molecule has 162 valence electrons. The van der Waals surface area contributed by atoms with Crippen LogP contribution in [0.15, 0.2) is 18.2 Å². The second kappa shape index (κ2) is 8.79. The number of nitrogens with one attached hydrogen (secondary N) is 1. The number of nitrogens with zero attached hydrogens (tertiary/aromatic N) is 5. The van der Waals surface area contributed by atoms with E-state index < -0.39 is 0 Å². The first-order chi connectivity index (χ1) is 14.2. The minimum absolute atomic E-state index is 0. The number of carbonyl (C=O) groups is 1. The average Bonchev–Trinajstić information content (AvgIpc) is 3.41. The van der Waals surface area contributed by atoms with Gasteiger partial charge in [-0.05, 0) is 25.5 Å². The fourth-order valence-corrected chi connectivity index (χ4v) is 4.36. The predicted molar refractivity (Wildman–Crippen MR) is 113 cm³/mol. The van der Waals surface area contributed by atoms with Crippen molar-refractivity contribution in [2.24, 2.45) is 0 Å². The fraction of sp³-hybridized carbons (Fsp3) is 0.550. The number of benzene rings is 1. The second-order valence-corrected chi connectivity index (χ2v) is 7.74. The molecule has 0 aliphatic carbocycles. The molecule has 2 aromatic rings. The molecular weight excluding hydrogens is 408 g/mol. The first kappa shape index (κ1) is 20.9. The fourth-order valence-electron chi connectivity index (χ4n) is 4.36. The first-order valence-corrected chi connectivity index (χ1v) is 10.3. The number of likely N-dealkylation sites (tertiary alicyclic amines) is 1. The molecule has 1 aromatic heterocycles. The van der Waals surface area contributed by atoms with Gasteiger partial charge in [0.1, 0.15) is 13.2 Å². The van der Waals surface area contributed by atoms with Gasteiger partial charge >= 0.3 is 0 Å². The summed E-state index contributed by atoms with van der Waals surface area (Å²) < 4.78 is 12.9. The molecule has 30 heavy (non-hydrogen) atoms. The number of fused-ring (bicyclic) bond motifs is 1. The van der Waals surface area contributed by atoms with Crippen molar-refractivity contribution in [1.29, 1.82) is 0 Å². The Morgan fingerprint density at radius 3 is 2.70 bits per heavy atom. The van der Waals surface area contributed by atoms with Crippen LogP contribution < -0.4 is 14.8 Å². The zero-order valence-electron chi connectivity index (χ0n) is 17.0. The van der Waals surface area contributed by atoms with Crippen molar-refractivity contribution in [2.75, 3.05) is 52.5 Å². The molecule has 1 unspecified atom stereocenters. The highest BCUT2D eigenvalue weighted by Gasteiger charge is 2.33. The highest BCUT2D eigenvalue weighted by Crippen LogP contribution is 2.32. The zero-order valence-corrected chi connectivity index (χ0v) is 17.9. The normalized spacial score (nSPS) is 21.4. The number of hydrogen-bond donors (Lipinski definition) is 1. The van der Waals surface area contributed by atoms with Gasteiger partial charge in [0, 0.05) is 51.4 Å². The lowest BCUT2D eigenvalue weighted by molar-refractivity contribution is 0.0767. The summed E-state index contributed by atoms with van der Waals surface area (Å²) in [5.74, 6) is 1.38. The number of carbonyl (C=O) groups excluding carboxylic acids is 1. The summed E-state index contributed by atoms with van der Waals surface area (Å²) in [6.07, 6.45) is 1.01. The Labute approximate surface area is 181 Å². The average molecular weight is 435 g/mol. The molecule has 1 aromatic carbocycles. The molecule has 0 spiro atoms. The number of hydrogen-bond acceptors (Lipinski definition) is 7. The molecule has 1 amide bonds. The summed E-state index contributed by atoms with van der Waals surface area (Å²) in [6, 6.07) is 6.08. The zero-order chi connectivity index (χ0) is 19.8. The third-order valence-electron chi connectivity index (χ3n) is 5.99. The molecule has 3 aliphatic heterocycles. The lowest BCUT2D eigenvalue weighted by Gasteiger charge is -2.32. The molecule has 9 nitrogen and oxygen atoms in total. The summed E-state index contributed by atoms with van der Waals surface area (Å²) in [6.45, 7) is 8.63. The van der Waals surface area contributed by atoms with Crippen LogP contribution in [0.5, 0.6) is 11.5 Å². The molecule has 1 atom stereocenters. The van der Waals surface area contributed by atoms with E-state index in [4.69, 9.17) is 9.47 Å². The third-order valence-corrected chi connectivity index (χ3v) is 5.99. The molecule has 0 saturated carbocycles. The van der Waals surface area contributed by atoms with Crippen molar-refractivity contribution in [3.8, 4) is 17.2 Å². The van der Waals surface area contributed by atoms with Crippen molar-refractivity contribution in [2.45, 2.75) is 19.4 Å². The largest absolute Gasteiger partial charge is 0.486 e. The van der Waals surface area contributed by atoms with Crippen LogP contribution in [0.2, 0.25) is 0 Å². The SMILES string of the molecule is Cc1c(C(=O)N2CCC(N3CCNCC3)C2)nnn1-c1ccc2c(c1)OCCO2.Cl. The van der Waals surface area contributed by atoms with Crippen LogP contribution in [-0.2, 0) is 0 Å². The maximum Gasteiger partial charge on any atom is 0.276 e. The minimum atomic E-state index is -0.0380. The van der Waals surface area contributed by atoms with Gasteiger partial charge in [-0.1, -0.05) is 5.21 Å². The van der Waals surface area contributed by atoms with Gasteiger partial charge in [-0.25, -0.2) is 4.68 Å². The Balaban J connectivity index is 0.00000218. The topological polar surface area (TPSA) is 84.8 Å². The molecule has 2 fully saturated rings. The standard InChI is InChI=1S/C20H26N6O3.ClH/c1-14-19(20(27)25-7-4-16(13-25)24-8-5-21-6-9-24)22-23-26(14)15-2-3-17-18(12-15)29-11-10-28-17;/h2-3,12,16,21H,4-11,13H2,1H3;1H. The molecular formula is C20H27ClN6O3. The number of halogens is 1. The smallest absolute Gasteiger partial charge is 0.276 e. The number of ether oxygens (including phenoxy) is 2. The number of piperazine rings is 1. The van der Waals surface area contributed by atoms with Gasteiger partial charge in [0.05, 0.1) is 11.4 Å². The van der Waals surface area contributed by atoms with Crippen LogP contribution in [0.1, 0.15) is 22.6 Å². The van der Waals surface area contributed by atoms with Crippen LogP contribution in [0.4, 0.5) is 0 Å². The van der Waals surface area contributed by atoms with Gasteiger partial charge in [-0.3, -0.25) is 9.69 Å². The molecule has 5 rings (SSSR count). The summed E-state index contributed by atoms with van der Waals surface area (Å²) in [5.41, 5.74) is 1.96. The highest BCUT2D eigenvalue weighted by molar-refractivity contribution is 5.93. The first-order valence-electron chi connectivity index (χ1n) is 10.3. The summed E-state index contributed by atoms with van der Waals surface area (Å²) in [7, 11) is 0. The second-order valence-electron chi connectivity index (χ2n) is 7.74. The van der Waals surface area contributed by atoms with E-state index in [0.717, 1.165) is 62.8 Å². The van der Waals surface area contributed by atoms with E-state index in [1.54, 1.807) is 4.68 Å². The van der Waals surface area contributed by atoms with E-state index in [1.165, 1.54) is 0 Å². The van der Waals surface area contributed by atoms with Crippen LogP contribution in [-0.4, -0.2) is 89.2 Å². The number of aromatic nitrogens is 3. The summed E-state index contributed by atoms with van der Waals surface area (Å²) >= 11 is 0. The minimum Gasteiger partial charge on any atom is -0.486 e. The van der Waals surface area contributed by atoms with Gasteiger partial charge in [0.25, 0.3) is 5.91 Å². The Bertz CT molecular complexity index is 914.